The molecule has 154 valence electrons. The summed E-state index contributed by atoms with van der Waals surface area (Å²) in [6.45, 7) is 2.50. The minimum atomic E-state index is -1.24. The molecule has 0 spiro atoms. The highest BCUT2D eigenvalue weighted by Crippen LogP contribution is 2.28. The lowest BCUT2D eigenvalue weighted by Gasteiger charge is -2.14. The lowest BCUT2D eigenvalue weighted by molar-refractivity contribution is -0.130. The Bertz CT molecular complexity index is 826. The Kier molecular flexibility index (Phi) is 8.87. The fourth-order valence-corrected chi connectivity index (χ4v) is 2.63. The average Bonchev–Trinajstić information content (AvgIpc) is 2.76. The second kappa shape index (κ2) is 11.6. The van der Waals surface area contributed by atoms with Gasteiger partial charge in [0.1, 0.15) is 19.0 Å². The number of terminal acetylenes is 1. The molecule has 0 aliphatic carbocycles. The molecule has 6 nitrogen and oxygen atoms in total. The topological polar surface area (TPSA) is 77.0 Å². The van der Waals surface area contributed by atoms with Gasteiger partial charge in [-0.1, -0.05) is 31.0 Å². The van der Waals surface area contributed by atoms with Crippen LogP contribution in [0.2, 0.25) is 0 Å². The van der Waals surface area contributed by atoms with Crippen molar-refractivity contribution >= 4 is 5.91 Å². The third-order valence-electron chi connectivity index (χ3n) is 4.29. The number of nitrogens with one attached hydrogen (secondary N) is 1. The maximum Gasteiger partial charge on any atom is 0.252 e. The van der Waals surface area contributed by atoms with Crippen molar-refractivity contribution in [2.24, 2.45) is 0 Å². The van der Waals surface area contributed by atoms with E-state index in [0.717, 1.165) is 12.0 Å². The van der Waals surface area contributed by atoms with Gasteiger partial charge in [-0.15, -0.1) is 6.42 Å². The highest BCUT2D eigenvalue weighted by Gasteiger charge is 2.15. The number of hydrogen-bond donors (Lipinski definition) is 2. The van der Waals surface area contributed by atoms with Crippen molar-refractivity contribution in [2.45, 2.75) is 25.9 Å². The van der Waals surface area contributed by atoms with Crippen LogP contribution in [0.3, 0.4) is 0 Å². The number of amides is 1. The van der Waals surface area contributed by atoms with Crippen LogP contribution in [0.4, 0.5) is 0 Å². The number of rotatable bonds is 11. The van der Waals surface area contributed by atoms with Crippen LogP contribution in [0.15, 0.2) is 42.5 Å². The van der Waals surface area contributed by atoms with E-state index >= 15 is 0 Å². The van der Waals surface area contributed by atoms with Crippen LogP contribution in [0.25, 0.3) is 0 Å². The summed E-state index contributed by atoms with van der Waals surface area (Å²) in [6.07, 6.45) is 5.47. The van der Waals surface area contributed by atoms with Crippen molar-refractivity contribution in [3.05, 3.63) is 53.6 Å². The molecular formula is C23H27NO5. The summed E-state index contributed by atoms with van der Waals surface area (Å²) in [5.74, 6) is 3.69. The molecule has 0 bridgehead atoms. The van der Waals surface area contributed by atoms with Gasteiger partial charge in [-0.05, 0) is 48.2 Å². The summed E-state index contributed by atoms with van der Waals surface area (Å²) in [5.41, 5.74) is 2.15. The molecule has 0 heterocycles. The van der Waals surface area contributed by atoms with E-state index in [-0.39, 0.29) is 13.2 Å². The molecule has 29 heavy (non-hydrogen) atoms. The van der Waals surface area contributed by atoms with Gasteiger partial charge in [0.2, 0.25) is 0 Å². The standard InChI is InChI=1S/C23H27NO5/c1-4-14-28-21-11-8-18(15-22(21)27-3)12-13-24-23(26)20(25)16-29-19-9-6-17(5-2)7-10-19/h1,6-11,15,20,25H,5,12-14,16H2,2-3H3,(H,24,26)/t20-/m0/s1. The van der Waals surface area contributed by atoms with Gasteiger partial charge >= 0.3 is 0 Å². The van der Waals surface area contributed by atoms with E-state index in [1.165, 1.54) is 5.56 Å². The lowest BCUT2D eigenvalue weighted by Crippen LogP contribution is -2.39. The molecule has 0 aliphatic heterocycles. The molecule has 0 fully saturated rings. The molecule has 1 amide bonds. The van der Waals surface area contributed by atoms with Crippen LogP contribution in [0, 0.1) is 12.3 Å². The SMILES string of the molecule is C#CCOc1ccc(CCNC(=O)[C@@H](O)COc2ccc(CC)cc2)cc1OC. The maximum absolute atomic E-state index is 12.0. The molecular weight excluding hydrogens is 370 g/mol. The number of ether oxygens (including phenoxy) is 3. The molecule has 6 heteroatoms. The van der Waals surface area contributed by atoms with E-state index in [4.69, 9.17) is 20.6 Å². The summed E-state index contributed by atoms with van der Waals surface area (Å²) in [6, 6.07) is 13.1. The molecule has 0 aromatic heterocycles. The number of carbonyl (C=O) groups is 1. The van der Waals surface area contributed by atoms with E-state index in [9.17, 15) is 9.90 Å². The molecule has 2 aromatic rings. The number of benzene rings is 2. The van der Waals surface area contributed by atoms with Crippen LogP contribution in [-0.2, 0) is 17.6 Å². The molecule has 0 unspecified atom stereocenters. The third kappa shape index (κ3) is 7.05. The number of aliphatic hydroxyl groups is 1. The Morgan fingerprint density at radius 1 is 1.14 bits per heavy atom. The monoisotopic (exact) mass is 397 g/mol. The van der Waals surface area contributed by atoms with E-state index in [1.54, 1.807) is 13.2 Å². The zero-order valence-corrected chi connectivity index (χ0v) is 16.8. The summed E-state index contributed by atoms with van der Waals surface area (Å²) < 4.78 is 16.2. The van der Waals surface area contributed by atoms with E-state index < -0.39 is 12.0 Å². The van der Waals surface area contributed by atoms with Gasteiger partial charge in [0.05, 0.1) is 7.11 Å². The molecule has 0 aliphatic rings. The van der Waals surface area contributed by atoms with Gasteiger partial charge < -0.3 is 24.6 Å². The minimum absolute atomic E-state index is 0.105. The second-order valence-electron chi connectivity index (χ2n) is 6.34. The van der Waals surface area contributed by atoms with Crippen molar-refractivity contribution in [1.29, 1.82) is 0 Å². The van der Waals surface area contributed by atoms with E-state index in [2.05, 4.69) is 18.2 Å². The first-order valence-electron chi connectivity index (χ1n) is 9.48. The van der Waals surface area contributed by atoms with Crippen molar-refractivity contribution in [1.82, 2.24) is 5.32 Å². The van der Waals surface area contributed by atoms with Crippen molar-refractivity contribution in [2.75, 3.05) is 26.9 Å². The van der Waals surface area contributed by atoms with Crippen LogP contribution < -0.4 is 19.5 Å². The quantitative estimate of drug-likeness (QED) is 0.570. The molecule has 0 saturated heterocycles. The zero-order valence-electron chi connectivity index (χ0n) is 16.8. The van der Waals surface area contributed by atoms with Gasteiger partial charge in [0.25, 0.3) is 5.91 Å². The Labute approximate surface area is 171 Å². The van der Waals surface area contributed by atoms with Crippen LogP contribution in [-0.4, -0.2) is 44.0 Å². The fourth-order valence-electron chi connectivity index (χ4n) is 2.63. The van der Waals surface area contributed by atoms with Crippen molar-refractivity contribution < 1.29 is 24.1 Å². The summed E-state index contributed by atoms with van der Waals surface area (Å²) >= 11 is 0. The Morgan fingerprint density at radius 3 is 2.52 bits per heavy atom. The average molecular weight is 397 g/mol. The van der Waals surface area contributed by atoms with Crippen LogP contribution in [0.5, 0.6) is 17.2 Å². The van der Waals surface area contributed by atoms with Gasteiger partial charge in [0, 0.05) is 6.54 Å². The van der Waals surface area contributed by atoms with Gasteiger partial charge in [-0.3, -0.25) is 4.79 Å². The first kappa shape index (κ1) is 22.1. The largest absolute Gasteiger partial charge is 0.493 e. The highest BCUT2D eigenvalue weighted by atomic mass is 16.5. The summed E-state index contributed by atoms with van der Waals surface area (Å²) in [5, 5.41) is 12.7. The van der Waals surface area contributed by atoms with Crippen LogP contribution in [0.1, 0.15) is 18.1 Å². The van der Waals surface area contributed by atoms with Crippen molar-refractivity contribution in [3.8, 4) is 29.6 Å². The van der Waals surface area contributed by atoms with E-state index in [0.29, 0.717) is 30.2 Å². The predicted molar refractivity (Wildman–Crippen MR) is 111 cm³/mol. The maximum atomic E-state index is 12.0. The number of aliphatic hydroxyl groups excluding tert-OH is 1. The number of methoxy groups -OCH3 is 1. The summed E-state index contributed by atoms with van der Waals surface area (Å²) in [7, 11) is 1.55. The molecule has 1 atom stereocenters. The smallest absolute Gasteiger partial charge is 0.252 e. The minimum Gasteiger partial charge on any atom is -0.493 e. The van der Waals surface area contributed by atoms with Gasteiger partial charge in [0.15, 0.2) is 17.6 Å². The Balaban J connectivity index is 1.77. The number of carbonyl (C=O) groups excluding carboxylic acids is 1. The van der Waals surface area contributed by atoms with Crippen molar-refractivity contribution in [3.63, 3.8) is 0 Å². The first-order valence-corrected chi connectivity index (χ1v) is 9.48. The highest BCUT2D eigenvalue weighted by molar-refractivity contribution is 5.80. The van der Waals surface area contributed by atoms with Gasteiger partial charge in [-0.25, -0.2) is 0 Å². The number of aryl methyl sites for hydroxylation is 1. The first-order chi connectivity index (χ1) is 14.1. The third-order valence-corrected chi connectivity index (χ3v) is 4.29. The van der Waals surface area contributed by atoms with Crippen LogP contribution >= 0.6 is 0 Å². The second-order valence-corrected chi connectivity index (χ2v) is 6.34. The summed E-state index contributed by atoms with van der Waals surface area (Å²) in [4.78, 5) is 12.0. The Morgan fingerprint density at radius 2 is 1.86 bits per heavy atom. The molecule has 0 radical (unpaired) electrons. The lowest BCUT2D eigenvalue weighted by atomic mass is 10.1. The molecule has 2 N–H and O–H groups in total. The van der Waals surface area contributed by atoms with Gasteiger partial charge in [-0.2, -0.15) is 0 Å². The zero-order chi connectivity index (χ0) is 21.1. The predicted octanol–water partition coefficient (Wildman–Crippen LogP) is 2.37. The Hall–Kier alpha value is -3.17. The molecule has 2 rings (SSSR count). The number of hydrogen-bond acceptors (Lipinski definition) is 5. The van der Waals surface area contributed by atoms with E-state index in [1.807, 2.05) is 36.4 Å². The molecule has 2 aromatic carbocycles. The normalized spacial score (nSPS) is 11.2. The fraction of sp³-hybridized carbons (Fsp3) is 0.348. The molecule has 0 saturated carbocycles.